The van der Waals surface area contributed by atoms with Gasteiger partial charge in [0.05, 0.1) is 24.4 Å². The Labute approximate surface area is 79.9 Å². The number of hydrogen-bond acceptors (Lipinski definition) is 4. The van der Waals surface area contributed by atoms with Crippen LogP contribution in [0.1, 0.15) is 0 Å². The molecule has 2 rings (SSSR count). The van der Waals surface area contributed by atoms with E-state index < -0.39 is 0 Å². The van der Waals surface area contributed by atoms with Crippen molar-refractivity contribution < 1.29 is 9.47 Å². The number of rotatable bonds is 2. The Bertz CT molecular complexity index is 424. The number of ether oxygens (including phenoxy) is 2. The molecule has 2 aromatic rings. The maximum absolute atomic E-state index is 5.23. The van der Waals surface area contributed by atoms with E-state index in [1.807, 2.05) is 12.1 Å². The minimum Gasteiger partial charge on any atom is -0.493 e. The summed E-state index contributed by atoms with van der Waals surface area (Å²) >= 11 is 1.59. The van der Waals surface area contributed by atoms with Gasteiger partial charge in [0, 0.05) is 0 Å². The molecule has 1 heterocycles. The van der Waals surface area contributed by atoms with Crippen LogP contribution in [0.15, 0.2) is 17.6 Å². The minimum atomic E-state index is 0.709. The van der Waals surface area contributed by atoms with Crippen molar-refractivity contribution in [2.45, 2.75) is 0 Å². The van der Waals surface area contributed by atoms with Gasteiger partial charge in [0.2, 0.25) is 0 Å². The maximum atomic E-state index is 5.23. The molecule has 0 atom stereocenters. The van der Waals surface area contributed by atoms with Crippen molar-refractivity contribution in [2.75, 3.05) is 14.2 Å². The molecule has 0 aliphatic carbocycles. The van der Waals surface area contributed by atoms with Gasteiger partial charge in [-0.05, 0) is 12.1 Å². The van der Waals surface area contributed by atoms with Crippen LogP contribution in [0.5, 0.6) is 11.5 Å². The molecule has 0 aliphatic heterocycles. The van der Waals surface area contributed by atoms with E-state index >= 15 is 0 Å². The SMILES string of the molecule is COc1ccc2scnc2c1OC. The molecule has 13 heavy (non-hydrogen) atoms. The third-order valence-corrected chi connectivity index (χ3v) is 2.64. The molecule has 1 aromatic carbocycles. The summed E-state index contributed by atoms with van der Waals surface area (Å²) in [6, 6.07) is 3.87. The first-order valence-corrected chi connectivity index (χ1v) is 4.69. The van der Waals surface area contributed by atoms with Gasteiger partial charge < -0.3 is 9.47 Å². The summed E-state index contributed by atoms with van der Waals surface area (Å²) in [5.41, 5.74) is 2.67. The predicted molar refractivity (Wildman–Crippen MR) is 52.7 cm³/mol. The highest BCUT2D eigenvalue weighted by molar-refractivity contribution is 7.16. The summed E-state index contributed by atoms with van der Waals surface area (Å²) in [5, 5.41) is 0. The summed E-state index contributed by atoms with van der Waals surface area (Å²) < 4.78 is 11.5. The molecular formula is C9H9NO2S. The minimum absolute atomic E-state index is 0.709. The second kappa shape index (κ2) is 3.22. The van der Waals surface area contributed by atoms with E-state index in [0.717, 1.165) is 16.0 Å². The average molecular weight is 195 g/mol. The first kappa shape index (κ1) is 8.31. The fraction of sp³-hybridized carbons (Fsp3) is 0.222. The molecule has 0 amide bonds. The number of nitrogens with zero attached hydrogens (tertiary/aromatic N) is 1. The molecule has 4 heteroatoms. The highest BCUT2D eigenvalue weighted by Crippen LogP contribution is 2.35. The van der Waals surface area contributed by atoms with Crippen LogP contribution in [0.4, 0.5) is 0 Å². The van der Waals surface area contributed by atoms with Crippen molar-refractivity contribution in [3.63, 3.8) is 0 Å². The Morgan fingerprint density at radius 2 is 2.08 bits per heavy atom. The van der Waals surface area contributed by atoms with Gasteiger partial charge in [-0.25, -0.2) is 4.98 Å². The Morgan fingerprint density at radius 1 is 1.23 bits per heavy atom. The van der Waals surface area contributed by atoms with Crippen molar-refractivity contribution in [2.24, 2.45) is 0 Å². The molecule has 0 N–H and O–H groups in total. The lowest BCUT2D eigenvalue weighted by Crippen LogP contribution is -1.90. The van der Waals surface area contributed by atoms with Gasteiger partial charge >= 0.3 is 0 Å². The fourth-order valence-corrected chi connectivity index (χ4v) is 1.92. The molecule has 1 aromatic heterocycles. The molecule has 68 valence electrons. The van der Waals surface area contributed by atoms with Crippen molar-refractivity contribution in [3.8, 4) is 11.5 Å². The maximum Gasteiger partial charge on any atom is 0.188 e. The first-order valence-electron chi connectivity index (χ1n) is 3.81. The number of methoxy groups -OCH3 is 2. The number of thiazole rings is 1. The largest absolute Gasteiger partial charge is 0.493 e. The lowest BCUT2D eigenvalue weighted by atomic mass is 10.3. The Morgan fingerprint density at radius 3 is 2.77 bits per heavy atom. The van der Waals surface area contributed by atoms with E-state index in [2.05, 4.69) is 4.98 Å². The number of hydrogen-bond donors (Lipinski definition) is 0. The second-order valence-corrected chi connectivity index (χ2v) is 3.39. The first-order chi connectivity index (χ1) is 6.36. The highest BCUT2D eigenvalue weighted by atomic mass is 32.1. The van der Waals surface area contributed by atoms with E-state index in [1.165, 1.54) is 0 Å². The van der Waals surface area contributed by atoms with Crippen LogP contribution in [0.3, 0.4) is 0 Å². The molecule has 3 nitrogen and oxygen atoms in total. The summed E-state index contributed by atoms with van der Waals surface area (Å²) in [7, 11) is 3.24. The summed E-state index contributed by atoms with van der Waals surface area (Å²) in [6.45, 7) is 0. The van der Waals surface area contributed by atoms with Gasteiger partial charge in [-0.15, -0.1) is 11.3 Å². The number of fused-ring (bicyclic) bond motifs is 1. The molecule has 0 aliphatic rings. The topological polar surface area (TPSA) is 31.4 Å². The quantitative estimate of drug-likeness (QED) is 0.736. The van der Waals surface area contributed by atoms with Crippen LogP contribution in [-0.4, -0.2) is 19.2 Å². The zero-order chi connectivity index (χ0) is 9.26. The van der Waals surface area contributed by atoms with Gasteiger partial charge in [0.1, 0.15) is 5.52 Å². The standard InChI is InChI=1S/C9H9NO2S/c1-11-6-3-4-7-8(9(6)12-2)10-5-13-7/h3-5H,1-2H3. The van der Waals surface area contributed by atoms with Crippen molar-refractivity contribution in [3.05, 3.63) is 17.6 Å². The molecule has 0 fully saturated rings. The summed E-state index contributed by atoms with van der Waals surface area (Å²) in [6.07, 6.45) is 0. The molecule has 0 bridgehead atoms. The van der Waals surface area contributed by atoms with Gasteiger partial charge in [-0.1, -0.05) is 0 Å². The zero-order valence-electron chi connectivity index (χ0n) is 7.40. The number of aromatic nitrogens is 1. The van der Waals surface area contributed by atoms with E-state index in [1.54, 1.807) is 31.1 Å². The lowest BCUT2D eigenvalue weighted by molar-refractivity contribution is 0.358. The van der Waals surface area contributed by atoms with Gasteiger partial charge in [0.25, 0.3) is 0 Å². The van der Waals surface area contributed by atoms with Crippen LogP contribution < -0.4 is 9.47 Å². The van der Waals surface area contributed by atoms with Crippen LogP contribution in [0, 0.1) is 0 Å². The number of benzene rings is 1. The summed E-state index contributed by atoms with van der Waals surface area (Å²) in [4.78, 5) is 4.21. The third-order valence-electron chi connectivity index (χ3n) is 1.84. The van der Waals surface area contributed by atoms with Gasteiger partial charge in [-0.3, -0.25) is 0 Å². The smallest absolute Gasteiger partial charge is 0.188 e. The zero-order valence-corrected chi connectivity index (χ0v) is 8.22. The van der Waals surface area contributed by atoms with Crippen molar-refractivity contribution in [1.82, 2.24) is 4.98 Å². The van der Waals surface area contributed by atoms with Crippen molar-refractivity contribution >= 4 is 21.6 Å². The second-order valence-electron chi connectivity index (χ2n) is 2.50. The van der Waals surface area contributed by atoms with Gasteiger partial charge in [-0.2, -0.15) is 0 Å². The molecule has 0 radical (unpaired) electrons. The van der Waals surface area contributed by atoms with Crippen molar-refractivity contribution in [1.29, 1.82) is 0 Å². The summed E-state index contributed by atoms with van der Waals surface area (Å²) in [5.74, 6) is 1.43. The van der Waals surface area contributed by atoms with Crippen LogP contribution in [-0.2, 0) is 0 Å². The molecule has 0 spiro atoms. The average Bonchev–Trinajstić information content (AvgIpc) is 2.63. The Hall–Kier alpha value is -1.29. The predicted octanol–water partition coefficient (Wildman–Crippen LogP) is 2.31. The third kappa shape index (κ3) is 1.23. The van der Waals surface area contributed by atoms with E-state index in [9.17, 15) is 0 Å². The lowest BCUT2D eigenvalue weighted by Gasteiger charge is -2.06. The van der Waals surface area contributed by atoms with Crippen LogP contribution >= 0.6 is 11.3 Å². The normalized spacial score (nSPS) is 10.3. The van der Waals surface area contributed by atoms with Crippen LogP contribution in [0.2, 0.25) is 0 Å². The Kier molecular flexibility index (Phi) is 2.06. The Balaban J connectivity index is 2.74. The van der Waals surface area contributed by atoms with E-state index in [0.29, 0.717) is 5.75 Å². The van der Waals surface area contributed by atoms with E-state index in [4.69, 9.17) is 9.47 Å². The molecule has 0 unspecified atom stereocenters. The molecule has 0 saturated heterocycles. The monoisotopic (exact) mass is 195 g/mol. The van der Waals surface area contributed by atoms with E-state index in [-0.39, 0.29) is 0 Å². The molecular weight excluding hydrogens is 186 g/mol. The molecule has 0 saturated carbocycles. The van der Waals surface area contributed by atoms with Crippen LogP contribution in [0.25, 0.3) is 10.2 Å². The fourth-order valence-electron chi connectivity index (χ4n) is 1.25. The van der Waals surface area contributed by atoms with Gasteiger partial charge in [0.15, 0.2) is 11.5 Å². The highest BCUT2D eigenvalue weighted by Gasteiger charge is 2.09.